The summed E-state index contributed by atoms with van der Waals surface area (Å²) in [6.07, 6.45) is 0.600. The Bertz CT molecular complexity index is 994. The Kier molecular flexibility index (Phi) is 5.98. The molecule has 1 heterocycles. The molecule has 3 rings (SSSR count). The van der Waals surface area contributed by atoms with Gasteiger partial charge in [0.15, 0.2) is 11.5 Å². The first-order valence-electron chi connectivity index (χ1n) is 8.65. The zero-order valence-corrected chi connectivity index (χ0v) is 15.7. The number of rotatable bonds is 7. The van der Waals surface area contributed by atoms with E-state index in [0.717, 1.165) is 22.1 Å². The van der Waals surface area contributed by atoms with Crippen molar-refractivity contribution in [3.05, 3.63) is 47.8 Å². The number of aliphatic hydroxyl groups excluding tert-OH is 1. The molecule has 6 nitrogen and oxygen atoms in total. The molecule has 6 heteroatoms. The van der Waals surface area contributed by atoms with Gasteiger partial charge in [-0.25, -0.2) is 0 Å². The van der Waals surface area contributed by atoms with Crippen molar-refractivity contribution in [2.75, 3.05) is 34.5 Å². The Morgan fingerprint density at radius 2 is 1.74 bits per heavy atom. The van der Waals surface area contributed by atoms with Crippen molar-refractivity contribution in [1.29, 1.82) is 0 Å². The quantitative estimate of drug-likeness (QED) is 0.646. The van der Waals surface area contributed by atoms with Gasteiger partial charge in [0.2, 0.25) is 0 Å². The normalized spacial score (nSPS) is 11.6. The van der Waals surface area contributed by atoms with Crippen molar-refractivity contribution >= 4 is 11.0 Å². The molecule has 0 saturated carbocycles. The highest BCUT2D eigenvalue weighted by atomic mass is 16.5. The molecule has 0 atom stereocenters. The van der Waals surface area contributed by atoms with E-state index in [1.165, 1.54) is 0 Å². The molecule has 1 N–H and O–H groups in total. The number of benzene rings is 2. The van der Waals surface area contributed by atoms with E-state index in [0.29, 0.717) is 35.8 Å². The molecular formula is C21H23NO5. The topological polar surface area (TPSA) is 73.4 Å². The van der Waals surface area contributed by atoms with Gasteiger partial charge in [0, 0.05) is 30.2 Å². The zero-order chi connectivity index (χ0) is 19.2. The summed E-state index contributed by atoms with van der Waals surface area (Å²) in [5, 5.41) is 10.7. The highest BCUT2D eigenvalue weighted by Crippen LogP contribution is 2.33. The Morgan fingerprint density at radius 3 is 2.44 bits per heavy atom. The molecule has 0 aliphatic carbocycles. The fraction of sp³-hybridized carbons (Fsp3) is 0.286. The number of fused-ring (bicyclic) bond motifs is 1. The summed E-state index contributed by atoms with van der Waals surface area (Å²) in [6, 6.07) is 13.1. The monoisotopic (exact) mass is 369 g/mol. The van der Waals surface area contributed by atoms with Gasteiger partial charge in [-0.2, -0.15) is 0 Å². The van der Waals surface area contributed by atoms with E-state index in [1.807, 2.05) is 42.5 Å². The SMILES string of the molecule is COc1ccc2oc(-c3ccc(OC)c(OC)c3)cc(=NCCCO)c2c1. The molecule has 0 saturated heterocycles. The lowest BCUT2D eigenvalue weighted by Crippen LogP contribution is -2.06. The standard InChI is InChI=1S/C21H23NO5/c1-24-15-6-8-18-16(12-15)17(22-9-4-10-23)13-20(27-18)14-5-7-19(25-2)21(11-14)26-3/h5-8,11-13,23H,4,9-10H2,1-3H3. The minimum atomic E-state index is 0.102. The first kappa shape index (κ1) is 18.8. The first-order chi connectivity index (χ1) is 13.2. The van der Waals surface area contributed by atoms with Crippen molar-refractivity contribution < 1.29 is 23.7 Å². The molecular weight excluding hydrogens is 346 g/mol. The molecule has 0 radical (unpaired) electrons. The van der Waals surface area contributed by atoms with Crippen LogP contribution < -0.4 is 19.6 Å². The van der Waals surface area contributed by atoms with Crippen LogP contribution >= 0.6 is 0 Å². The van der Waals surface area contributed by atoms with E-state index < -0.39 is 0 Å². The van der Waals surface area contributed by atoms with E-state index >= 15 is 0 Å². The second kappa shape index (κ2) is 8.60. The lowest BCUT2D eigenvalue weighted by molar-refractivity contribution is 0.291. The maximum absolute atomic E-state index is 9.06. The van der Waals surface area contributed by atoms with Gasteiger partial charge in [-0.05, 0) is 42.8 Å². The van der Waals surface area contributed by atoms with Crippen LogP contribution in [0, 0.1) is 0 Å². The summed E-state index contributed by atoms with van der Waals surface area (Å²) in [7, 11) is 4.82. The van der Waals surface area contributed by atoms with Gasteiger partial charge in [-0.15, -0.1) is 0 Å². The molecule has 0 unspecified atom stereocenters. The summed E-state index contributed by atoms with van der Waals surface area (Å²) in [4.78, 5) is 4.63. The fourth-order valence-corrected chi connectivity index (χ4v) is 2.81. The molecule has 1 aromatic heterocycles. The maximum atomic E-state index is 9.06. The van der Waals surface area contributed by atoms with Crippen LogP contribution in [0.15, 0.2) is 51.9 Å². The van der Waals surface area contributed by atoms with Crippen molar-refractivity contribution in [3.63, 3.8) is 0 Å². The summed E-state index contributed by atoms with van der Waals surface area (Å²) >= 11 is 0. The summed E-state index contributed by atoms with van der Waals surface area (Å²) in [5.41, 5.74) is 1.55. The molecule has 0 amide bonds. The van der Waals surface area contributed by atoms with Crippen LogP contribution in [0.2, 0.25) is 0 Å². The highest BCUT2D eigenvalue weighted by Gasteiger charge is 2.11. The Labute approximate surface area is 157 Å². The van der Waals surface area contributed by atoms with Crippen LogP contribution in [-0.2, 0) is 0 Å². The summed E-state index contributed by atoms with van der Waals surface area (Å²) < 4.78 is 22.1. The predicted octanol–water partition coefficient (Wildman–Crippen LogP) is 3.41. The van der Waals surface area contributed by atoms with Gasteiger partial charge in [0.25, 0.3) is 0 Å². The van der Waals surface area contributed by atoms with Crippen molar-refractivity contribution in [2.24, 2.45) is 4.99 Å². The van der Waals surface area contributed by atoms with Crippen LogP contribution in [0.3, 0.4) is 0 Å². The molecule has 142 valence electrons. The Hall–Kier alpha value is -2.99. The largest absolute Gasteiger partial charge is 0.497 e. The van der Waals surface area contributed by atoms with Gasteiger partial charge in [-0.3, -0.25) is 4.99 Å². The minimum absolute atomic E-state index is 0.102. The van der Waals surface area contributed by atoms with Gasteiger partial charge in [0.05, 0.1) is 26.7 Å². The van der Waals surface area contributed by atoms with Crippen LogP contribution in [-0.4, -0.2) is 39.6 Å². The predicted molar refractivity (Wildman–Crippen MR) is 103 cm³/mol. The Balaban J connectivity index is 2.18. The van der Waals surface area contributed by atoms with Crippen LogP contribution in [0.1, 0.15) is 6.42 Å². The molecule has 3 aromatic rings. The number of ether oxygens (including phenoxy) is 3. The summed E-state index contributed by atoms with van der Waals surface area (Å²) in [5.74, 6) is 2.67. The maximum Gasteiger partial charge on any atom is 0.161 e. The molecule has 0 bridgehead atoms. The van der Waals surface area contributed by atoms with Gasteiger partial charge in [-0.1, -0.05) is 0 Å². The molecule has 0 spiro atoms. The number of aliphatic hydroxyl groups is 1. The Morgan fingerprint density at radius 1 is 0.926 bits per heavy atom. The number of nitrogens with zero attached hydrogens (tertiary/aromatic N) is 1. The van der Waals surface area contributed by atoms with Crippen LogP contribution in [0.5, 0.6) is 17.2 Å². The van der Waals surface area contributed by atoms with E-state index in [4.69, 9.17) is 23.7 Å². The van der Waals surface area contributed by atoms with Gasteiger partial charge >= 0.3 is 0 Å². The molecule has 27 heavy (non-hydrogen) atoms. The average Bonchev–Trinajstić information content (AvgIpc) is 2.72. The lowest BCUT2D eigenvalue weighted by Gasteiger charge is -2.10. The second-order valence-corrected chi connectivity index (χ2v) is 5.89. The highest BCUT2D eigenvalue weighted by molar-refractivity contribution is 5.80. The molecule has 0 aliphatic heterocycles. The lowest BCUT2D eigenvalue weighted by atomic mass is 10.1. The van der Waals surface area contributed by atoms with E-state index in [9.17, 15) is 0 Å². The van der Waals surface area contributed by atoms with E-state index in [2.05, 4.69) is 4.99 Å². The number of hydrogen-bond donors (Lipinski definition) is 1. The third-order valence-corrected chi connectivity index (χ3v) is 4.22. The first-order valence-corrected chi connectivity index (χ1v) is 8.65. The molecule has 0 aliphatic rings. The zero-order valence-electron chi connectivity index (χ0n) is 15.7. The van der Waals surface area contributed by atoms with Crippen molar-refractivity contribution in [3.8, 4) is 28.6 Å². The van der Waals surface area contributed by atoms with E-state index in [-0.39, 0.29) is 6.61 Å². The molecule has 0 fully saturated rings. The number of methoxy groups -OCH3 is 3. The van der Waals surface area contributed by atoms with Gasteiger partial charge in [0.1, 0.15) is 17.1 Å². The smallest absolute Gasteiger partial charge is 0.161 e. The third kappa shape index (κ3) is 4.06. The average molecular weight is 369 g/mol. The number of hydrogen-bond acceptors (Lipinski definition) is 6. The third-order valence-electron chi connectivity index (χ3n) is 4.22. The van der Waals surface area contributed by atoms with Crippen LogP contribution in [0.25, 0.3) is 22.3 Å². The van der Waals surface area contributed by atoms with E-state index in [1.54, 1.807) is 21.3 Å². The van der Waals surface area contributed by atoms with Gasteiger partial charge < -0.3 is 23.7 Å². The van der Waals surface area contributed by atoms with Crippen molar-refractivity contribution in [2.45, 2.75) is 6.42 Å². The van der Waals surface area contributed by atoms with Crippen LogP contribution in [0.4, 0.5) is 0 Å². The summed E-state index contributed by atoms with van der Waals surface area (Å²) in [6.45, 7) is 0.628. The fourth-order valence-electron chi connectivity index (χ4n) is 2.81. The minimum Gasteiger partial charge on any atom is -0.497 e. The van der Waals surface area contributed by atoms with Crippen molar-refractivity contribution in [1.82, 2.24) is 0 Å². The molecule has 2 aromatic carbocycles. The second-order valence-electron chi connectivity index (χ2n) is 5.89.